The number of phosphoric ester groups is 1. The molecular weight excluding hydrogens is 401 g/mol. The first-order chi connectivity index (χ1) is 13.2. The summed E-state index contributed by atoms with van der Waals surface area (Å²) in [6, 6.07) is 0. The Morgan fingerprint density at radius 2 is 1.34 bits per heavy atom. The zero-order valence-corrected chi connectivity index (χ0v) is 19.5. The minimum Gasteiger partial charge on any atom is -0.462 e. The zero-order valence-electron chi connectivity index (χ0n) is 18.6. The molecule has 1 atom stereocenters. The Hall–Kier alpha value is -1.51. The molecule has 0 amide bonds. The molecule has 0 aliphatic heterocycles. The lowest BCUT2D eigenvalue weighted by molar-refractivity contribution is -0.870. The molecule has 0 saturated carbocycles. The van der Waals surface area contributed by atoms with Crippen LogP contribution in [-0.2, 0) is 32.7 Å². The molecule has 0 fully saturated rings. The minimum atomic E-state index is -4.09. The monoisotopic (exact) mass is 438 g/mol. The predicted octanol–water partition coefficient (Wildman–Crippen LogP) is 2.85. The second-order valence-corrected chi connectivity index (χ2v) is 8.79. The summed E-state index contributed by atoms with van der Waals surface area (Å²) < 4.78 is 31.0. The molecule has 0 aromatic carbocycles. The highest BCUT2D eigenvalue weighted by atomic mass is 31.2. The van der Waals surface area contributed by atoms with Gasteiger partial charge in [0.05, 0.1) is 34.4 Å². The molecule has 9 nitrogen and oxygen atoms in total. The number of hydrogen-bond donors (Lipinski definition) is 1. The average Bonchev–Trinajstić information content (AvgIpc) is 2.57. The van der Waals surface area contributed by atoms with Gasteiger partial charge in [-0.05, 0) is 20.3 Å². The van der Waals surface area contributed by atoms with Gasteiger partial charge in [-0.1, -0.05) is 26.5 Å². The lowest BCUT2D eigenvalue weighted by Gasteiger charge is -2.23. The van der Waals surface area contributed by atoms with Crippen LogP contribution in [0.4, 0.5) is 0 Å². The first-order valence-electron chi connectivity index (χ1n) is 9.29. The van der Waals surface area contributed by atoms with Gasteiger partial charge in [0.2, 0.25) is 0 Å². The molecule has 1 N–H and O–H groups in total. The van der Waals surface area contributed by atoms with Crippen molar-refractivity contribution in [2.45, 2.75) is 33.6 Å². The van der Waals surface area contributed by atoms with Crippen molar-refractivity contribution in [3.63, 3.8) is 0 Å². The van der Waals surface area contributed by atoms with Crippen molar-refractivity contribution < 1.29 is 42.1 Å². The number of esters is 2. The Morgan fingerprint density at radius 1 is 0.897 bits per heavy atom. The van der Waals surface area contributed by atoms with Gasteiger partial charge in [0.1, 0.15) is 19.8 Å². The predicted molar refractivity (Wildman–Crippen MR) is 111 cm³/mol. The quantitative estimate of drug-likeness (QED) is 0.154. The molecule has 0 rings (SSSR count). The van der Waals surface area contributed by atoms with E-state index < -0.39 is 13.8 Å². The Labute approximate surface area is 174 Å². The van der Waals surface area contributed by atoms with Crippen LogP contribution < -0.4 is 0 Å². The van der Waals surface area contributed by atoms with Crippen LogP contribution in [0.2, 0.25) is 0 Å². The Morgan fingerprint density at radius 3 is 1.76 bits per heavy atom. The molecule has 29 heavy (non-hydrogen) atoms. The van der Waals surface area contributed by atoms with E-state index >= 15 is 0 Å². The maximum Gasteiger partial charge on any atom is 0.472 e. The molecule has 0 bridgehead atoms. The van der Waals surface area contributed by atoms with E-state index in [0.29, 0.717) is 23.2 Å². The van der Waals surface area contributed by atoms with E-state index in [4.69, 9.17) is 14.0 Å². The van der Waals surface area contributed by atoms with Crippen LogP contribution in [0.15, 0.2) is 24.3 Å². The third-order valence-electron chi connectivity index (χ3n) is 3.02. The smallest absolute Gasteiger partial charge is 0.462 e. The van der Waals surface area contributed by atoms with Gasteiger partial charge < -0.3 is 18.9 Å². The largest absolute Gasteiger partial charge is 0.472 e. The number of carbonyl (C=O) groups is 2. The fourth-order valence-corrected chi connectivity index (χ4v) is 2.00. The van der Waals surface area contributed by atoms with Gasteiger partial charge in [-0.3, -0.25) is 9.05 Å². The van der Waals surface area contributed by atoms with Crippen molar-refractivity contribution in [2.24, 2.45) is 0 Å². The van der Waals surface area contributed by atoms with Crippen LogP contribution in [0.25, 0.3) is 0 Å². The first kappa shape index (κ1) is 29.7. The number of nitrogens with zero attached hydrogens (tertiary/aromatic N) is 1. The molecule has 0 aromatic rings. The van der Waals surface area contributed by atoms with Crippen molar-refractivity contribution in [3.8, 4) is 0 Å². The van der Waals surface area contributed by atoms with E-state index in [-0.39, 0.29) is 31.4 Å². The van der Waals surface area contributed by atoms with E-state index in [1.54, 1.807) is 6.92 Å². The van der Waals surface area contributed by atoms with Gasteiger partial charge in [-0.2, -0.15) is 0 Å². The number of rotatable bonds is 13. The average molecular weight is 438 g/mol. The highest BCUT2D eigenvalue weighted by Gasteiger charge is 2.22. The van der Waals surface area contributed by atoms with Crippen LogP contribution in [-0.4, -0.2) is 75.4 Å². The van der Waals surface area contributed by atoms with Crippen LogP contribution in [0, 0.1) is 0 Å². The van der Waals surface area contributed by atoms with Crippen LogP contribution in [0.5, 0.6) is 0 Å². The zero-order chi connectivity index (χ0) is 23.1. The molecule has 0 aromatic heterocycles. The van der Waals surface area contributed by atoms with Crippen molar-refractivity contribution in [3.05, 3.63) is 24.3 Å². The number of quaternary nitrogens is 1. The van der Waals surface area contributed by atoms with Crippen molar-refractivity contribution in [2.75, 3.05) is 54.1 Å². The molecule has 10 heteroatoms. The second kappa shape index (κ2) is 15.3. The maximum absolute atomic E-state index is 11.4. The van der Waals surface area contributed by atoms with Crippen molar-refractivity contribution in [1.82, 2.24) is 0 Å². The van der Waals surface area contributed by atoms with Gasteiger partial charge in [0, 0.05) is 11.1 Å². The lowest BCUT2D eigenvalue weighted by atomic mass is 10.3. The Kier molecular flexibility index (Phi) is 15.7. The first-order valence-corrected chi connectivity index (χ1v) is 10.8. The number of ether oxygens (including phenoxy) is 2. The molecule has 1 unspecified atom stereocenters. The normalized spacial score (nSPS) is 12.8. The van der Waals surface area contributed by atoms with E-state index in [0.717, 1.165) is 12.8 Å². The lowest BCUT2D eigenvalue weighted by Crippen LogP contribution is -2.37. The van der Waals surface area contributed by atoms with Gasteiger partial charge in [-0.15, -0.1) is 0 Å². The summed E-state index contributed by atoms with van der Waals surface area (Å²) in [5.74, 6) is -0.851. The Bertz CT molecular complexity index is 583. The SMILES string of the molecule is C=C(C)C(=O)OCCCC.C=C(C)C(=O)OCCOP(=O)(O)OCC[N+](C)(C)C. The number of hydrogen-bond acceptors (Lipinski definition) is 7. The Balaban J connectivity index is 0. The minimum absolute atomic E-state index is 0.100. The van der Waals surface area contributed by atoms with Crippen LogP contribution in [0.1, 0.15) is 33.6 Å². The molecule has 0 spiro atoms. The summed E-state index contributed by atoms with van der Waals surface area (Å²) in [7, 11) is 1.72. The molecule has 0 saturated heterocycles. The summed E-state index contributed by atoms with van der Waals surface area (Å²) >= 11 is 0. The van der Waals surface area contributed by atoms with E-state index in [1.807, 2.05) is 21.1 Å². The topological polar surface area (TPSA) is 108 Å². The van der Waals surface area contributed by atoms with Gasteiger partial charge >= 0.3 is 19.8 Å². The summed E-state index contributed by atoms with van der Waals surface area (Å²) in [5, 5.41) is 0. The number of phosphoric acid groups is 1. The third-order valence-corrected chi connectivity index (χ3v) is 4.03. The summed E-state index contributed by atoms with van der Waals surface area (Å²) in [6.07, 6.45) is 1.97. The summed E-state index contributed by atoms with van der Waals surface area (Å²) in [5.41, 5.74) is 0.725. The number of unbranched alkanes of at least 4 members (excludes halogenated alkanes) is 1. The molecular formula is C19H37NO8P+. The second-order valence-electron chi connectivity index (χ2n) is 7.33. The molecule has 0 aliphatic rings. The number of carbonyl (C=O) groups excluding carboxylic acids is 2. The fourth-order valence-electron chi connectivity index (χ4n) is 1.31. The van der Waals surface area contributed by atoms with Crippen molar-refractivity contribution in [1.29, 1.82) is 0 Å². The number of likely N-dealkylation sites (N-methyl/N-ethyl adjacent to an activating group) is 1. The summed E-state index contributed by atoms with van der Waals surface area (Å²) in [4.78, 5) is 31.0. The summed E-state index contributed by atoms with van der Waals surface area (Å²) in [6.45, 7) is 12.9. The molecule has 0 heterocycles. The van der Waals surface area contributed by atoms with Crippen LogP contribution >= 0.6 is 7.82 Å². The van der Waals surface area contributed by atoms with Gasteiger partial charge in [0.15, 0.2) is 0 Å². The van der Waals surface area contributed by atoms with E-state index in [1.165, 1.54) is 6.92 Å². The third kappa shape index (κ3) is 21.0. The molecule has 170 valence electrons. The maximum atomic E-state index is 11.4. The van der Waals surface area contributed by atoms with Crippen LogP contribution in [0.3, 0.4) is 0 Å². The van der Waals surface area contributed by atoms with E-state index in [2.05, 4.69) is 24.6 Å². The molecule has 0 radical (unpaired) electrons. The highest BCUT2D eigenvalue weighted by Crippen LogP contribution is 2.42. The van der Waals surface area contributed by atoms with Crippen molar-refractivity contribution >= 4 is 19.8 Å². The highest BCUT2D eigenvalue weighted by molar-refractivity contribution is 7.47. The standard InChI is InChI=1S/C11H22NO6P.C8H14O2/c1-10(2)11(13)16-8-9-18-19(14,15)17-7-6-12(3,4)5;1-4-5-6-10-8(9)7(2)3/h1,6-9H2,2-5H3;2,4-6H2,1,3H3/p+1. The van der Waals surface area contributed by atoms with Gasteiger partial charge in [-0.25, -0.2) is 14.2 Å². The van der Waals surface area contributed by atoms with E-state index in [9.17, 15) is 19.0 Å². The fraction of sp³-hybridized carbons (Fsp3) is 0.684. The molecule has 0 aliphatic carbocycles. The van der Waals surface area contributed by atoms with Gasteiger partial charge in [0.25, 0.3) is 0 Å².